The number of ether oxygens (including phenoxy) is 3. The molecule has 2 aromatic rings. The summed E-state index contributed by atoms with van der Waals surface area (Å²) in [6.07, 6.45) is 3.36. The van der Waals surface area contributed by atoms with Gasteiger partial charge < -0.3 is 14.2 Å². The van der Waals surface area contributed by atoms with Gasteiger partial charge in [0.15, 0.2) is 5.70 Å². The molecule has 1 aliphatic heterocycles. The molecule has 0 fully saturated rings. The van der Waals surface area contributed by atoms with E-state index in [9.17, 15) is 4.79 Å². The van der Waals surface area contributed by atoms with Crippen molar-refractivity contribution in [2.45, 2.75) is 0 Å². The van der Waals surface area contributed by atoms with Crippen molar-refractivity contribution in [2.24, 2.45) is 4.99 Å². The molecule has 0 saturated carbocycles. The molecule has 0 radical (unpaired) electrons. The summed E-state index contributed by atoms with van der Waals surface area (Å²) in [6.45, 7) is 4.05. The van der Waals surface area contributed by atoms with E-state index in [2.05, 4.69) is 11.6 Å². The molecule has 0 aromatic heterocycles. The van der Waals surface area contributed by atoms with Crippen LogP contribution in [0.15, 0.2) is 71.9 Å². The van der Waals surface area contributed by atoms with Crippen molar-refractivity contribution >= 4 is 17.9 Å². The Bertz CT molecular complexity index is 833. The first kappa shape index (κ1) is 16.5. The Morgan fingerprint density at radius 1 is 1.08 bits per heavy atom. The second-order valence-electron chi connectivity index (χ2n) is 5.23. The van der Waals surface area contributed by atoms with Crippen molar-refractivity contribution in [3.05, 3.63) is 78.0 Å². The van der Waals surface area contributed by atoms with E-state index >= 15 is 0 Å². The van der Waals surface area contributed by atoms with Gasteiger partial charge in [-0.3, -0.25) is 0 Å². The van der Waals surface area contributed by atoms with Gasteiger partial charge in [0.05, 0.1) is 7.11 Å². The van der Waals surface area contributed by atoms with Crippen LogP contribution >= 0.6 is 0 Å². The van der Waals surface area contributed by atoms with Crippen LogP contribution in [-0.4, -0.2) is 25.6 Å². The number of carbonyl (C=O) groups is 1. The van der Waals surface area contributed by atoms with Crippen LogP contribution in [0.2, 0.25) is 0 Å². The fraction of sp³-hybridized carbons (Fsp3) is 0.100. The molecule has 2 aromatic carbocycles. The number of methoxy groups -OCH3 is 1. The molecular formula is C20H17NO4. The van der Waals surface area contributed by atoms with Crippen molar-refractivity contribution in [1.29, 1.82) is 0 Å². The van der Waals surface area contributed by atoms with Crippen molar-refractivity contribution in [3.63, 3.8) is 0 Å². The van der Waals surface area contributed by atoms with Crippen LogP contribution in [0.3, 0.4) is 0 Å². The van der Waals surface area contributed by atoms with E-state index in [1.165, 1.54) is 0 Å². The summed E-state index contributed by atoms with van der Waals surface area (Å²) in [5.41, 5.74) is 1.80. The minimum absolute atomic E-state index is 0.255. The van der Waals surface area contributed by atoms with E-state index < -0.39 is 5.97 Å². The zero-order valence-electron chi connectivity index (χ0n) is 13.8. The second kappa shape index (κ2) is 7.49. The van der Waals surface area contributed by atoms with Gasteiger partial charge in [-0.05, 0) is 48.0 Å². The zero-order chi connectivity index (χ0) is 17.6. The van der Waals surface area contributed by atoms with Crippen LogP contribution in [-0.2, 0) is 9.53 Å². The second-order valence-corrected chi connectivity index (χ2v) is 5.23. The highest BCUT2D eigenvalue weighted by Gasteiger charge is 2.24. The quantitative estimate of drug-likeness (QED) is 0.460. The lowest BCUT2D eigenvalue weighted by Gasteiger charge is -2.02. The molecule has 0 spiro atoms. The number of cyclic esters (lactones) is 1. The Balaban J connectivity index is 1.79. The first-order chi connectivity index (χ1) is 12.2. The number of hydrogen-bond donors (Lipinski definition) is 0. The summed E-state index contributed by atoms with van der Waals surface area (Å²) in [4.78, 5) is 16.3. The zero-order valence-corrected chi connectivity index (χ0v) is 13.8. The van der Waals surface area contributed by atoms with E-state index in [0.29, 0.717) is 12.2 Å². The molecule has 5 nitrogen and oxygen atoms in total. The number of esters is 1. The maximum atomic E-state index is 12.0. The van der Waals surface area contributed by atoms with Crippen molar-refractivity contribution in [2.75, 3.05) is 13.7 Å². The lowest BCUT2D eigenvalue weighted by atomic mass is 10.2. The monoisotopic (exact) mass is 335 g/mol. The highest BCUT2D eigenvalue weighted by atomic mass is 16.6. The molecule has 0 bridgehead atoms. The van der Waals surface area contributed by atoms with Crippen LogP contribution < -0.4 is 9.47 Å². The normalized spacial score (nSPS) is 14.8. The fourth-order valence-electron chi connectivity index (χ4n) is 2.24. The third kappa shape index (κ3) is 3.95. The molecule has 25 heavy (non-hydrogen) atoms. The van der Waals surface area contributed by atoms with E-state index in [1.807, 2.05) is 24.3 Å². The minimum atomic E-state index is -0.474. The van der Waals surface area contributed by atoms with Gasteiger partial charge in [0.1, 0.15) is 18.1 Å². The molecule has 0 aliphatic carbocycles. The molecule has 0 atom stereocenters. The van der Waals surface area contributed by atoms with Gasteiger partial charge in [-0.25, -0.2) is 9.79 Å². The first-order valence-electron chi connectivity index (χ1n) is 7.70. The van der Waals surface area contributed by atoms with Crippen LogP contribution in [0.1, 0.15) is 11.1 Å². The lowest BCUT2D eigenvalue weighted by molar-refractivity contribution is -0.129. The molecule has 1 aliphatic rings. The van der Waals surface area contributed by atoms with Crippen molar-refractivity contribution < 1.29 is 19.0 Å². The summed E-state index contributed by atoms with van der Waals surface area (Å²) >= 11 is 0. The highest BCUT2D eigenvalue weighted by Crippen LogP contribution is 2.21. The Morgan fingerprint density at radius 3 is 2.40 bits per heavy atom. The van der Waals surface area contributed by atoms with Gasteiger partial charge in [0, 0.05) is 5.56 Å². The van der Waals surface area contributed by atoms with Crippen LogP contribution in [0.5, 0.6) is 11.5 Å². The van der Waals surface area contributed by atoms with Gasteiger partial charge in [-0.1, -0.05) is 24.8 Å². The van der Waals surface area contributed by atoms with Gasteiger partial charge in [-0.2, -0.15) is 0 Å². The lowest BCUT2D eigenvalue weighted by Crippen LogP contribution is -2.05. The average molecular weight is 335 g/mol. The van der Waals surface area contributed by atoms with Crippen LogP contribution in [0.25, 0.3) is 6.08 Å². The minimum Gasteiger partial charge on any atom is -0.497 e. The summed E-state index contributed by atoms with van der Waals surface area (Å²) < 4.78 is 15.8. The Labute approximate surface area is 145 Å². The summed E-state index contributed by atoms with van der Waals surface area (Å²) in [6, 6.07) is 14.5. The van der Waals surface area contributed by atoms with E-state index in [4.69, 9.17) is 14.2 Å². The summed E-state index contributed by atoms with van der Waals surface area (Å²) in [5.74, 6) is 1.27. The molecule has 126 valence electrons. The molecule has 3 rings (SSSR count). The van der Waals surface area contributed by atoms with E-state index in [1.54, 1.807) is 43.5 Å². The summed E-state index contributed by atoms with van der Waals surface area (Å²) in [7, 11) is 1.59. The number of hydrogen-bond acceptors (Lipinski definition) is 5. The van der Waals surface area contributed by atoms with Crippen LogP contribution in [0, 0.1) is 0 Å². The Morgan fingerprint density at radius 2 is 1.76 bits per heavy atom. The number of carbonyl (C=O) groups excluding carboxylic acids is 1. The highest BCUT2D eigenvalue weighted by molar-refractivity contribution is 6.12. The molecule has 0 unspecified atom stereocenters. The average Bonchev–Trinajstić information content (AvgIpc) is 3.02. The molecular weight excluding hydrogens is 318 g/mol. The first-order valence-corrected chi connectivity index (χ1v) is 7.70. The maximum absolute atomic E-state index is 12.0. The molecule has 1 heterocycles. The van der Waals surface area contributed by atoms with Gasteiger partial charge in [-0.15, -0.1) is 0 Å². The molecule has 0 amide bonds. The standard InChI is InChI=1S/C20H17NO4/c1-3-12-24-17-8-4-14(5-9-17)13-18-20(22)25-19(21-18)15-6-10-16(23-2)11-7-15/h3-11,13H,1,12H2,2H3/b18-13-. The third-order valence-corrected chi connectivity index (χ3v) is 3.51. The van der Waals surface area contributed by atoms with Crippen molar-refractivity contribution in [1.82, 2.24) is 0 Å². The van der Waals surface area contributed by atoms with Crippen LogP contribution in [0.4, 0.5) is 0 Å². The number of nitrogens with zero attached hydrogens (tertiary/aromatic N) is 1. The predicted octanol–water partition coefficient (Wildman–Crippen LogP) is 3.60. The molecule has 0 N–H and O–H groups in total. The molecule has 0 saturated heterocycles. The third-order valence-electron chi connectivity index (χ3n) is 3.51. The van der Waals surface area contributed by atoms with E-state index in [0.717, 1.165) is 17.1 Å². The Kier molecular flexibility index (Phi) is 4.95. The van der Waals surface area contributed by atoms with E-state index in [-0.39, 0.29) is 11.6 Å². The number of aliphatic imine (C=N–C) groups is 1. The summed E-state index contributed by atoms with van der Waals surface area (Å²) in [5, 5.41) is 0. The van der Waals surface area contributed by atoms with Gasteiger partial charge in [0.25, 0.3) is 0 Å². The van der Waals surface area contributed by atoms with Gasteiger partial charge >= 0.3 is 5.97 Å². The maximum Gasteiger partial charge on any atom is 0.363 e. The fourth-order valence-corrected chi connectivity index (χ4v) is 2.24. The largest absolute Gasteiger partial charge is 0.497 e. The van der Waals surface area contributed by atoms with Crippen molar-refractivity contribution in [3.8, 4) is 11.5 Å². The Hall–Kier alpha value is -3.34. The topological polar surface area (TPSA) is 57.1 Å². The smallest absolute Gasteiger partial charge is 0.363 e. The number of benzene rings is 2. The van der Waals surface area contributed by atoms with Gasteiger partial charge in [0.2, 0.25) is 5.90 Å². The molecule has 5 heteroatoms. The SMILES string of the molecule is C=CCOc1ccc(/C=C2\N=C(c3ccc(OC)cc3)OC2=O)cc1. The predicted molar refractivity (Wildman–Crippen MR) is 95.7 cm³/mol. The number of rotatable bonds is 6.